The predicted octanol–water partition coefficient (Wildman–Crippen LogP) is -0.434. The van der Waals surface area contributed by atoms with E-state index in [0.717, 1.165) is 12.8 Å². The normalized spacial score (nSPS) is 15.4. The Morgan fingerprint density at radius 3 is 3.00 bits per heavy atom. The lowest BCUT2D eigenvalue weighted by molar-refractivity contribution is 0.377. The minimum absolute atomic E-state index is 0.0983. The van der Waals surface area contributed by atoms with Crippen LogP contribution in [0.4, 0.5) is 0 Å². The van der Waals surface area contributed by atoms with Gasteiger partial charge < -0.3 is 9.84 Å². The van der Waals surface area contributed by atoms with Gasteiger partial charge in [-0.25, -0.2) is 13.1 Å². The summed E-state index contributed by atoms with van der Waals surface area (Å²) in [7, 11) is -3.63. The highest BCUT2D eigenvalue weighted by Crippen LogP contribution is 2.20. The summed E-state index contributed by atoms with van der Waals surface area (Å²) in [5.41, 5.74) is 0.632. The molecule has 0 aromatic carbocycles. The Morgan fingerprint density at radius 1 is 1.43 bits per heavy atom. The van der Waals surface area contributed by atoms with E-state index in [1.54, 1.807) is 0 Å². The Kier molecular flexibility index (Phi) is 3.99. The summed E-state index contributed by atoms with van der Waals surface area (Å²) < 4.78 is 31.7. The zero-order valence-corrected chi connectivity index (χ0v) is 12.1. The van der Waals surface area contributed by atoms with Crippen molar-refractivity contribution in [1.29, 1.82) is 0 Å². The fraction of sp³-hybridized carbons (Fsp3) is 0.545. The van der Waals surface area contributed by atoms with Gasteiger partial charge in [0.15, 0.2) is 11.4 Å². The largest absolute Gasteiger partial charge is 0.340 e. The van der Waals surface area contributed by atoms with E-state index in [0.29, 0.717) is 30.5 Å². The van der Waals surface area contributed by atoms with Crippen LogP contribution in [0.1, 0.15) is 24.3 Å². The number of H-pyrrole nitrogens is 1. The molecule has 3 N–H and O–H groups in total. The summed E-state index contributed by atoms with van der Waals surface area (Å²) in [4.78, 5) is 3.83. The Balaban J connectivity index is 1.59. The number of nitrogens with zero attached hydrogens (tertiary/aromatic N) is 3. The molecular weight excluding hydrogens is 296 g/mol. The Bertz CT molecular complexity index is 677. The Morgan fingerprint density at radius 2 is 2.29 bits per heavy atom. The number of aromatic amines is 1. The number of hydrogen-bond donors (Lipinski definition) is 3. The molecule has 0 saturated heterocycles. The van der Waals surface area contributed by atoms with E-state index in [1.165, 1.54) is 12.5 Å². The van der Waals surface area contributed by atoms with Crippen molar-refractivity contribution in [2.24, 2.45) is 0 Å². The van der Waals surface area contributed by atoms with Crippen molar-refractivity contribution < 1.29 is 12.9 Å². The number of hydrogen-bond acceptors (Lipinski definition) is 7. The summed E-state index contributed by atoms with van der Waals surface area (Å²) in [5, 5.41) is 13.2. The van der Waals surface area contributed by atoms with Crippen molar-refractivity contribution in [2.45, 2.75) is 36.9 Å². The van der Waals surface area contributed by atoms with E-state index in [-0.39, 0.29) is 11.6 Å². The van der Waals surface area contributed by atoms with Gasteiger partial charge in [-0.15, -0.1) is 0 Å². The van der Waals surface area contributed by atoms with Crippen molar-refractivity contribution in [3.8, 4) is 0 Å². The van der Waals surface area contributed by atoms with Crippen LogP contribution >= 0.6 is 0 Å². The third-order valence-corrected chi connectivity index (χ3v) is 4.62. The van der Waals surface area contributed by atoms with Gasteiger partial charge >= 0.3 is 0 Å². The topological polar surface area (TPSA) is 126 Å². The van der Waals surface area contributed by atoms with Crippen molar-refractivity contribution in [3.05, 3.63) is 24.0 Å². The SMILES string of the molecule is O=S(=O)(NCCc1ncno1)c1[nH]ncc1CNC1CC1. The van der Waals surface area contributed by atoms with Gasteiger partial charge in [0, 0.05) is 31.1 Å². The monoisotopic (exact) mass is 312 g/mol. The van der Waals surface area contributed by atoms with E-state index < -0.39 is 10.0 Å². The first-order valence-electron chi connectivity index (χ1n) is 6.66. The molecule has 0 amide bonds. The van der Waals surface area contributed by atoms with Gasteiger partial charge in [0.1, 0.15) is 0 Å². The van der Waals surface area contributed by atoms with E-state index >= 15 is 0 Å². The van der Waals surface area contributed by atoms with Crippen molar-refractivity contribution in [3.63, 3.8) is 0 Å². The summed E-state index contributed by atoms with van der Waals surface area (Å²) in [6, 6.07) is 0.501. The molecule has 21 heavy (non-hydrogen) atoms. The van der Waals surface area contributed by atoms with E-state index in [1.807, 2.05) is 0 Å². The zero-order chi connectivity index (χ0) is 14.7. The predicted molar refractivity (Wildman–Crippen MR) is 71.6 cm³/mol. The highest BCUT2D eigenvalue weighted by Gasteiger charge is 2.24. The molecule has 0 radical (unpaired) electrons. The molecule has 2 aromatic rings. The minimum Gasteiger partial charge on any atom is -0.340 e. The molecule has 1 fully saturated rings. The smallest absolute Gasteiger partial charge is 0.257 e. The van der Waals surface area contributed by atoms with Gasteiger partial charge in [-0.05, 0) is 12.8 Å². The van der Waals surface area contributed by atoms with Gasteiger partial charge in [-0.3, -0.25) is 5.10 Å². The second-order valence-electron chi connectivity index (χ2n) is 4.86. The third kappa shape index (κ3) is 3.65. The first-order valence-corrected chi connectivity index (χ1v) is 8.14. The lowest BCUT2D eigenvalue weighted by atomic mass is 10.3. The second-order valence-corrected chi connectivity index (χ2v) is 6.57. The number of rotatable bonds is 8. The molecule has 114 valence electrons. The van der Waals surface area contributed by atoms with Gasteiger partial charge in [-0.1, -0.05) is 5.16 Å². The van der Waals surface area contributed by atoms with Crippen LogP contribution in [0.3, 0.4) is 0 Å². The average Bonchev–Trinajstić information content (AvgIpc) is 2.93. The molecule has 0 aliphatic heterocycles. The maximum absolute atomic E-state index is 12.2. The summed E-state index contributed by atoms with van der Waals surface area (Å²) in [6.45, 7) is 0.667. The lowest BCUT2D eigenvalue weighted by Gasteiger charge is -2.06. The molecule has 1 saturated carbocycles. The Hall–Kier alpha value is -1.78. The first kappa shape index (κ1) is 14.2. The van der Waals surface area contributed by atoms with E-state index in [4.69, 9.17) is 4.52 Å². The van der Waals surface area contributed by atoms with Gasteiger partial charge in [0.05, 0.1) is 6.20 Å². The molecule has 2 heterocycles. The highest BCUT2D eigenvalue weighted by molar-refractivity contribution is 7.89. The van der Waals surface area contributed by atoms with Crippen molar-refractivity contribution in [2.75, 3.05) is 6.54 Å². The lowest BCUT2D eigenvalue weighted by Crippen LogP contribution is -2.28. The van der Waals surface area contributed by atoms with Gasteiger partial charge in [-0.2, -0.15) is 10.1 Å². The van der Waals surface area contributed by atoms with Crippen LogP contribution in [-0.4, -0.2) is 41.3 Å². The quantitative estimate of drug-likeness (QED) is 0.603. The molecule has 1 aliphatic rings. The summed E-state index contributed by atoms with van der Waals surface area (Å²) in [5.74, 6) is 0.387. The van der Waals surface area contributed by atoms with Gasteiger partial charge in [0.2, 0.25) is 5.89 Å². The van der Waals surface area contributed by atoms with Crippen LogP contribution in [0.2, 0.25) is 0 Å². The molecular formula is C11H16N6O3S. The van der Waals surface area contributed by atoms with E-state index in [9.17, 15) is 8.42 Å². The summed E-state index contributed by atoms with van der Waals surface area (Å²) in [6.07, 6.45) is 5.43. The molecule has 0 atom stereocenters. The van der Waals surface area contributed by atoms with Crippen LogP contribution in [0.25, 0.3) is 0 Å². The Labute approximate surface area is 121 Å². The number of nitrogens with one attached hydrogen (secondary N) is 3. The first-order chi connectivity index (χ1) is 10.1. The molecule has 0 bridgehead atoms. The summed E-state index contributed by atoms with van der Waals surface area (Å²) >= 11 is 0. The standard InChI is InChI=1S/C11H16N6O3S/c18-21(19,16-4-3-10-13-7-15-20-10)11-8(6-14-17-11)5-12-9-1-2-9/h6-7,9,12,16H,1-5H2,(H,14,17). The highest BCUT2D eigenvalue weighted by atomic mass is 32.2. The van der Waals surface area contributed by atoms with Crippen LogP contribution in [0, 0.1) is 0 Å². The number of sulfonamides is 1. The van der Waals surface area contributed by atoms with Crippen LogP contribution < -0.4 is 10.0 Å². The van der Waals surface area contributed by atoms with Crippen molar-refractivity contribution in [1.82, 2.24) is 30.4 Å². The van der Waals surface area contributed by atoms with Crippen LogP contribution in [0.5, 0.6) is 0 Å². The fourth-order valence-corrected chi connectivity index (χ4v) is 3.03. The molecule has 10 heteroatoms. The molecule has 2 aromatic heterocycles. The van der Waals surface area contributed by atoms with E-state index in [2.05, 4.69) is 30.4 Å². The maximum atomic E-state index is 12.2. The van der Waals surface area contributed by atoms with Crippen molar-refractivity contribution >= 4 is 10.0 Å². The minimum atomic E-state index is -3.63. The molecule has 0 spiro atoms. The van der Waals surface area contributed by atoms with Gasteiger partial charge in [0.25, 0.3) is 10.0 Å². The fourth-order valence-electron chi connectivity index (χ4n) is 1.87. The molecule has 0 unspecified atom stereocenters. The molecule has 9 nitrogen and oxygen atoms in total. The second kappa shape index (κ2) is 5.92. The third-order valence-electron chi connectivity index (χ3n) is 3.14. The van der Waals surface area contributed by atoms with Crippen LogP contribution in [-0.2, 0) is 23.0 Å². The number of aromatic nitrogens is 4. The zero-order valence-electron chi connectivity index (χ0n) is 11.2. The van der Waals surface area contributed by atoms with Crippen LogP contribution in [0.15, 0.2) is 22.1 Å². The molecule has 1 aliphatic carbocycles. The average molecular weight is 312 g/mol. The molecule has 3 rings (SSSR count). The maximum Gasteiger partial charge on any atom is 0.257 e.